The molecule has 0 bridgehead atoms. The minimum atomic E-state index is 0.437. The van der Waals surface area contributed by atoms with Gasteiger partial charge in [-0.3, -0.25) is 4.68 Å². The molecule has 0 saturated carbocycles. The molecule has 1 fully saturated rings. The van der Waals surface area contributed by atoms with Crippen molar-refractivity contribution < 1.29 is 4.74 Å². The summed E-state index contributed by atoms with van der Waals surface area (Å²) in [6.45, 7) is 2.34. The van der Waals surface area contributed by atoms with Gasteiger partial charge in [0.25, 0.3) is 0 Å². The lowest BCUT2D eigenvalue weighted by molar-refractivity contribution is 0.184. The minimum absolute atomic E-state index is 0.437. The fraction of sp³-hybridized carbons (Fsp3) is 0.667. The normalized spacial score (nSPS) is 22.4. The molecule has 1 aliphatic heterocycles. The van der Waals surface area contributed by atoms with E-state index in [4.69, 9.17) is 10.5 Å². The maximum Gasteiger partial charge on any atom is 0.0774 e. The van der Waals surface area contributed by atoms with Crippen LogP contribution in [0.1, 0.15) is 18.0 Å². The van der Waals surface area contributed by atoms with Crippen LogP contribution in [0.25, 0.3) is 0 Å². The third kappa shape index (κ3) is 1.89. The average Bonchev–Trinajstić information content (AvgIpc) is 2.70. The van der Waals surface area contributed by atoms with Gasteiger partial charge < -0.3 is 10.5 Å². The summed E-state index contributed by atoms with van der Waals surface area (Å²) in [4.78, 5) is 0. The summed E-state index contributed by atoms with van der Waals surface area (Å²) in [5, 5.41) is 4.30. The molecule has 2 heterocycles. The van der Waals surface area contributed by atoms with Crippen LogP contribution in [0.4, 0.5) is 0 Å². The van der Waals surface area contributed by atoms with E-state index in [1.165, 1.54) is 5.56 Å². The third-order valence-corrected chi connectivity index (χ3v) is 2.37. The van der Waals surface area contributed by atoms with E-state index >= 15 is 0 Å². The van der Waals surface area contributed by atoms with Crippen LogP contribution in [-0.4, -0.2) is 29.5 Å². The second-order valence-electron chi connectivity index (χ2n) is 3.38. The van der Waals surface area contributed by atoms with Gasteiger partial charge in [0, 0.05) is 12.8 Å². The molecule has 0 aromatic carbocycles. The van der Waals surface area contributed by atoms with Gasteiger partial charge in [0.2, 0.25) is 0 Å². The van der Waals surface area contributed by atoms with Crippen LogP contribution in [0.2, 0.25) is 0 Å². The van der Waals surface area contributed by atoms with Gasteiger partial charge in [-0.05, 0) is 24.9 Å². The zero-order valence-electron chi connectivity index (χ0n) is 7.65. The van der Waals surface area contributed by atoms with E-state index in [0.29, 0.717) is 12.6 Å². The molecular formula is C9H15N3O. The number of aromatic nitrogens is 2. The van der Waals surface area contributed by atoms with Crippen LogP contribution >= 0.6 is 0 Å². The van der Waals surface area contributed by atoms with Gasteiger partial charge in [-0.15, -0.1) is 0 Å². The predicted octanol–water partition coefficient (Wildman–Crippen LogP) is 0.346. The Bertz CT molecular complexity index is 266. The van der Waals surface area contributed by atoms with E-state index in [1.54, 1.807) is 0 Å². The van der Waals surface area contributed by atoms with Crippen molar-refractivity contribution in [1.82, 2.24) is 9.78 Å². The van der Waals surface area contributed by atoms with E-state index < -0.39 is 0 Å². The van der Waals surface area contributed by atoms with Gasteiger partial charge in [-0.25, -0.2) is 0 Å². The van der Waals surface area contributed by atoms with Gasteiger partial charge in [-0.2, -0.15) is 5.10 Å². The summed E-state index contributed by atoms with van der Waals surface area (Å²) in [5.74, 6) is 0. The SMILES string of the molecule is NCCc1cnn(C2CCOC2)c1. The average molecular weight is 181 g/mol. The zero-order valence-corrected chi connectivity index (χ0v) is 7.65. The molecule has 0 aliphatic carbocycles. The van der Waals surface area contributed by atoms with Gasteiger partial charge in [-0.1, -0.05) is 0 Å². The lowest BCUT2D eigenvalue weighted by Gasteiger charge is -2.06. The van der Waals surface area contributed by atoms with Crippen LogP contribution in [0.5, 0.6) is 0 Å². The van der Waals surface area contributed by atoms with E-state index in [2.05, 4.69) is 11.3 Å². The first-order chi connectivity index (χ1) is 6.40. The summed E-state index contributed by atoms with van der Waals surface area (Å²) in [6, 6.07) is 0.437. The van der Waals surface area contributed by atoms with Crippen LogP contribution < -0.4 is 5.73 Å². The highest BCUT2D eigenvalue weighted by Crippen LogP contribution is 2.17. The Balaban J connectivity index is 2.03. The smallest absolute Gasteiger partial charge is 0.0774 e. The molecule has 72 valence electrons. The fourth-order valence-corrected chi connectivity index (χ4v) is 1.60. The fourth-order valence-electron chi connectivity index (χ4n) is 1.60. The second kappa shape index (κ2) is 3.89. The zero-order chi connectivity index (χ0) is 9.10. The van der Waals surface area contributed by atoms with Crippen LogP contribution in [0.15, 0.2) is 12.4 Å². The monoisotopic (exact) mass is 181 g/mol. The molecule has 1 aromatic heterocycles. The maximum absolute atomic E-state index is 5.46. The van der Waals surface area contributed by atoms with Gasteiger partial charge in [0.1, 0.15) is 0 Å². The lowest BCUT2D eigenvalue weighted by Crippen LogP contribution is -2.08. The number of nitrogens with zero attached hydrogens (tertiary/aromatic N) is 2. The van der Waals surface area contributed by atoms with Gasteiger partial charge in [0.15, 0.2) is 0 Å². The molecule has 0 radical (unpaired) electrons. The Kier molecular flexibility index (Phi) is 2.61. The van der Waals surface area contributed by atoms with Crippen molar-refractivity contribution in [3.63, 3.8) is 0 Å². The summed E-state index contributed by atoms with van der Waals surface area (Å²) in [6.07, 6.45) is 5.95. The number of nitrogens with two attached hydrogens (primary N) is 1. The van der Waals surface area contributed by atoms with E-state index in [0.717, 1.165) is 26.1 Å². The molecule has 2 rings (SSSR count). The topological polar surface area (TPSA) is 53.1 Å². The molecular weight excluding hydrogens is 166 g/mol. The van der Waals surface area contributed by atoms with Crippen molar-refractivity contribution in [2.45, 2.75) is 18.9 Å². The molecule has 2 N–H and O–H groups in total. The van der Waals surface area contributed by atoms with Crippen molar-refractivity contribution in [2.75, 3.05) is 19.8 Å². The van der Waals surface area contributed by atoms with Gasteiger partial charge >= 0.3 is 0 Å². The van der Waals surface area contributed by atoms with Crippen molar-refractivity contribution in [3.05, 3.63) is 18.0 Å². The highest BCUT2D eigenvalue weighted by molar-refractivity contribution is 5.05. The molecule has 4 nitrogen and oxygen atoms in total. The predicted molar refractivity (Wildman–Crippen MR) is 49.5 cm³/mol. The molecule has 1 aliphatic rings. The number of rotatable bonds is 3. The first kappa shape index (κ1) is 8.72. The Morgan fingerprint density at radius 1 is 1.69 bits per heavy atom. The summed E-state index contributed by atoms with van der Waals surface area (Å²) in [5.41, 5.74) is 6.68. The molecule has 4 heteroatoms. The largest absolute Gasteiger partial charge is 0.379 e. The second-order valence-corrected chi connectivity index (χ2v) is 3.38. The quantitative estimate of drug-likeness (QED) is 0.732. The van der Waals surface area contributed by atoms with Crippen molar-refractivity contribution >= 4 is 0 Å². The van der Waals surface area contributed by atoms with Gasteiger partial charge in [0.05, 0.1) is 18.8 Å². The molecule has 1 unspecified atom stereocenters. The van der Waals surface area contributed by atoms with Crippen molar-refractivity contribution in [1.29, 1.82) is 0 Å². The third-order valence-electron chi connectivity index (χ3n) is 2.37. The highest BCUT2D eigenvalue weighted by Gasteiger charge is 2.17. The van der Waals surface area contributed by atoms with Crippen LogP contribution in [0, 0.1) is 0 Å². The van der Waals surface area contributed by atoms with E-state index in [9.17, 15) is 0 Å². The minimum Gasteiger partial charge on any atom is -0.379 e. The van der Waals surface area contributed by atoms with Crippen molar-refractivity contribution in [3.8, 4) is 0 Å². The number of hydrogen-bond acceptors (Lipinski definition) is 3. The molecule has 0 spiro atoms. The van der Waals surface area contributed by atoms with E-state index in [-0.39, 0.29) is 0 Å². The summed E-state index contributed by atoms with van der Waals surface area (Å²) < 4.78 is 7.29. The molecule has 0 amide bonds. The van der Waals surface area contributed by atoms with E-state index in [1.807, 2.05) is 10.9 Å². The standard InChI is InChI=1S/C9H15N3O/c10-3-1-8-5-11-12(6-8)9-2-4-13-7-9/h5-6,9H,1-4,7,10H2. The first-order valence-corrected chi connectivity index (χ1v) is 4.71. The highest BCUT2D eigenvalue weighted by atomic mass is 16.5. The Morgan fingerprint density at radius 2 is 2.62 bits per heavy atom. The van der Waals surface area contributed by atoms with Crippen LogP contribution in [-0.2, 0) is 11.2 Å². The number of hydrogen-bond donors (Lipinski definition) is 1. The molecule has 1 atom stereocenters. The number of ether oxygens (including phenoxy) is 1. The Morgan fingerprint density at radius 3 is 3.31 bits per heavy atom. The molecule has 1 saturated heterocycles. The first-order valence-electron chi connectivity index (χ1n) is 4.71. The molecule has 13 heavy (non-hydrogen) atoms. The summed E-state index contributed by atoms with van der Waals surface area (Å²) in [7, 11) is 0. The molecule has 1 aromatic rings. The summed E-state index contributed by atoms with van der Waals surface area (Å²) >= 11 is 0. The Labute approximate surface area is 77.7 Å². The van der Waals surface area contributed by atoms with Crippen LogP contribution in [0.3, 0.4) is 0 Å². The van der Waals surface area contributed by atoms with Crippen molar-refractivity contribution in [2.24, 2.45) is 5.73 Å². The Hall–Kier alpha value is -0.870. The maximum atomic E-state index is 5.46. The lowest BCUT2D eigenvalue weighted by atomic mass is 10.2.